The van der Waals surface area contributed by atoms with Gasteiger partial charge in [-0.3, -0.25) is 4.79 Å². The van der Waals surface area contributed by atoms with E-state index in [9.17, 15) is 41.0 Å². The Hall–Kier alpha value is -3.37. The number of Topliss-reactive ketones (excluding diaryl/α,β-unsaturated/α-hetero) is 1. The summed E-state index contributed by atoms with van der Waals surface area (Å²) in [5.74, 6) is -4.66. The van der Waals surface area contributed by atoms with E-state index in [0.717, 1.165) is 12.1 Å². The van der Waals surface area contributed by atoms with E-state index >= 15 is 0 Å². The summed E-state index contributed by atoms with van der Waals surface area (Å²) in [7, 11) is 0. The van der Waals surface area contributed by atoms with E-state index in [2.05, 4.69) is 4.98 Å². The SMILES string of the molecule is CCn1c(C(=O)CC(c2cccc(C(F)(F)F)c2)C(F)(F)F)cc2cc(C(=O)O)c(C)nc21. The van der Waals surface area contributed by atoms with Gasteiger partial charge < -0.3 is 9.67 Å². The molecule has 0 radical (unpaired) electrons. The lowest BCUT2D eigenvalue weighted by Crippen LogP contribution is -2.25. The van der Waals surface area contributed by atoms with Gasteiger partial charge in [0, 0.05) is 18.4 Å². The zero-order valence-electron chi connectivity index (χ0n) is 17.4. The topological polar surface area (TPSA) is 72.2 Å². The maximum atomic E-state index is 13.8. The first-order valence-electron chi connectivity index (χ1n) is 9.75. The van der Waals surface area contributed by atoms with Crippen molar-refractivity contribution in [2.45, 2.75) is 45.1 Å². The standard InChI is InChI=1S/C22H18F6N2O3/c1-3-30-17(9-13-8-15(20(32)33)11(2)29-19(13)30)18(31)10-16(22(26,27)28)12-5-4-6-14(7-12)21(23,24)25/h4-9,16H,3,10H2,1-2H3,(H,32,33). The third kappa shape index (κ3) is 4.86. The maximum Gasteiger partial charge on any atom is 0.416 e. The Bertz CT molecular complexity index is 1230. The van der Waals surface area contributed by atoms with Crippen molar-refractivity contribution in [3.63, 3.8) is 0 Å². The van der Waals surface area contributed by atoms with Crippen LogP contribution in [0.4, 0.5) is 26.3 Å². The quantitative estimate of drug-likeness (QED) is 0.353. The van der Waals surface area contributed by atoms with E-state index in [-0.39, 0.29) is 34.5 Å². The lowest BCUT2D eigenvalue weighted by atomic mass is 9.91. The van der Waals surface area contributed by atoms with Crippen LogP contribution in [0.3, 0.4) is 0 Å². The molecular weight excluding hydrogens is 454 g/mol. The second-order valence-corrected chi connectivity index (χ2v) is 7.46. The Kier molecular flexibility index (Phi) is 6.27. The van der Waals surface area contributed by atoms with E-state index in [1.807, 2.05) is 0 Å². The lowest BCUT2D eigenvalue weighted by Gasteiger charge is -2.21. The van der Waals surface area contributed by atoms with Gasteiger partial charge in [0.1, 0.15) is 5.65 Å². The monoisotopic (exact) mass is 472 g/mol. The molecule has 0 aliphatic carbocycles. The first kappa shape index (κ1) is 24.3. The van der Waals surface area contributed by atoms with Crippen molar-refractivity contribution in [3.05, 3.63) is 64.5 Å². The number of rotatable bonds is 6. The van der Waals surface area contributed by atoms with Crippen LogP contribution in [0.5, 0.6) is 0 Å². The molecule has 176 valence electrons. The molecule has 0 aliphatic rings. The number of aromatic nitrogens is 2. The van der Waals surface area contributed by atoms with Crippen LogP contribution in [0.25, 0.3) is 11.0 Å². The Balaban J connectivity index is 2.05. The van der Waals surface area contributed by atoms with Crippen molar-refractivity contribution < 1.29 is 41.0 Å². The molecule has 1 aromatic carbocycles. The molecular formula is C22H18F6N2O3. The van der Waals surface area contributed by atoms with Crippen LogP contribution in [-0.2, 0) is 12.7 Å². The van der Waals surface area contributed by atoms with Crippen molar-refractivity contribution in [3.8, 4) is 0 Å². The number of ketones is 1. The van der Waals surface area contributed by atoms with Crippen molar-refractivity contribution in [1.29, 1.82) is 0 Å². The Labute approximate surface area is 183 Å². The number of benzene rings is 1. The van der Waals surface area contributed by atoms with Crippen LogP contribution in [0.1, 0.15) is 56.9 Å². The molecule has 0 saturated heterocycles. The van der Waals surface area contributed by atoms with Gasteiger partial charge in [0.05, 0.1) is 28.4 Å². The largest absolute Gasteiger partial charge is 0.478 e. The summed E-state index contributed by atoms with van der Waals surface area (Å²) in [5, 5.41) is 9.52. The van der Waals surface area contributed by atoms with E-state index in [1.165, 1.54) is 23.6 Å². The molecule has 0 bridgehead atoms. The number of carboxylic acid groups (broad SMARTS) is 1. The zero-order valence-corrected chi connectivity index (χ0v) is 17.4. The highest BCUT2D eigenvalue weighted by atomic mass is 19.4. The first-order valence-corrected chi connectivity index (χ1v) is 9.75. The van der Waals surface area contributed by atoms with Crippen LogP contribution >= 0.6 is 0 Å². The van der Waals surface area contributed by atoms with Gasteiger partial charge in [0.15, 0.2) is 5.78 Å². The van der Waals surface area contributed by atoms with Gasteiger partial charge in [-0.1, -0.05) is 18.2 Å². The number of alkyl halides is 6. The highest BCUT2D eigenvalue weighted by Crippen LogP contribution is 2.40. The third-order valence-corrected chi connectivity index (χ3v) is 5.29. The molecule has 2 aromatic heterocycles. The Morgan fingerprint density at radius 3 is 2.30 bits per heavy atom. The van der Waals surface area contributed by atoms with Gasteiger partial charge in [0.25, 0.3) is 0 Å². The van der Waals surface area contributed by atoms with Crippen molar-refractivity contribution in [2.24, 2.45) is 0 Å². The molecule has 3 aromatic rings. The number of carbonyl (C=O) groups is 2. The van der Waals surface area contributed by atoms with Gasteiger partial charge in [-0.05, 0) is 37.6 Å². The van der Waals surface area contributed by atoms with E-state index < -0.39 is 47.6 Å². The van der Waals surface area contributed by atoms with E-state index in [0.29, 0.717) is 12.1 Å². The summed E-state index contributed by atoms with van der Waals surface area (Å²) in [4.78, 5) is 28.5. The summed E-state index contributed by atoms with van der Waals surface area (Å²) in [6, 6.07) is 5.34. The van der Waals surface area contributed by atoms with Gasteiger partial charge in [0.2, 0.25) is 0 Å². The predicted molar refractivity (Wildman–Crippen MR) is 106 cm³/mol. The van der Waals surface area contributed by atoms with Gasteiger partial charge in [-0.15, -0.1) is 0 Å². The fraction of sp³-hybridized carbons (Fsp3) is 0.318. The predicted octanol–water partition coefficient (Wildman–Crippen LogP) is 6.00. The normalized spacial score (nSPS) is 13.3. The first-order chi connectivity index (χ1) is 15.2. The molecule has 0 aliphatic heterocycles. The number of aryl methyl sites for hydroxylation is 2. The third-order valence-electron chi connectivity index (χ3n) is 5.29. The Morgan fingerprint density at radius 2 is 1.76 bits per heavy atom. The van der Waals surface area contributed by atoms with Crippen molar-refractivity contribution in [1.82, 2.24) is 9.55 Å². The van der Waals surface area contributed by atoms with Gasteiger partial charge in [-0.25, -0.2) is 9.78 Å². The van der Waals surface area contributed by atoms with Gasteiger partial charge >= 0.3 is 18.3 Å². The van der Waals surface area contributed by atoms with Crippen LogP contribution in [-0.4, -0.2) is 32.6 Å². The molecule has 11 heteroatoms. The number of carbonyl (C=O) groups excluding carboxylic acids is 1. The fourth-order valence-electron chi connectivity index (χ4n) is 3.68. The Morgan fingerprint density at radius 1 is 1.09 bits per heavy atom. The molecule has 0 saturated carbocycles. The lowest BCUT2D eigenvalue weighted by molar-refractivity contribution is -0.150. The molecule has 5 nitrogen and oxygen atoms in total. The molecule has 0 spiro atoms. The number of carboxylic acids is 1. The average Bonchev–Trinajstić information content (AvgIpc) is 3.07. The van der Waals surface area contributed by atoms with Crippen LogP contribution in [0.2, 0.25) is 0 Å². The summed E-state index contributed by atoms with van der Waals surface area (Å²) in [5.41, 5.74) is -1.78. The number of hydrogen-bond donors (Lipinski definition) is 1. The number of hydrogen-bond acceptors (Lipinski definition) is 3. The molecule has 0 amide bonds. The molecule has 33 heavy (non-hydrogen) atoms. The fourth-order valence-corrected chi connectivity index (χ4v) is 3.68. The summed E-state index contributed by atoms with van der Waals surface area (Å²) >= 11 is 0. The zero-order chi connectivity index (χ0) is 24.7. The minimum atomic E-state index is -4.98. The second-order valence-electron chi connectivity index (χ2n) is 7.46. The van der Waals surface area contributed by atoms with Crippen LogP contribution in [0, 0.1) is 6.92 Å². The average molecular weight is 472 g/mol. The highest BCUT2D eigenvalue weighted by molar-refractivity contribution is 6.01. The minimum absolute atomic E-state index is 0.119. The van der Waals surface area contributed by atoms with Crippen LogP contribution < -0.4 is 0 Å². The highest BCUT2D eigenvalue weighted by Gasteiger charge is 2.43. The summed E-state index contributed by atoms with van der Waals surface area (Å²) < 4.78 is 81.7. The van der Waals surface area contributed by atoms with E-state index in [1.54, 1.807) is 6.92 Å². The molecule has 2 heterocycles. The molecule has 3 rings (SSSR count). The number of aromatic carboxylic acids is 1. The molecule has 1 N–H and O–H groups in total. The maximum absolute atomic E-state index is 13.8. The van der Waals surface area contributed by atoms with Crippen molar-refractivity contribution in [2.75, 3.05) is 0 Å². The number of fused-ring (bicyclic) bond motifs is 1. The van der Waals surface area contributed by atoms with Gasteiger partial charge in [-0.2, -0.15) is 26.3 Å². The van der Waals surface area contributed by atoms with Crippen molar-refractivity contribution >= 4 is 22.8 Å². The minimum Gasteiger partial charge on any atom is -0.478 e. The number of halogens is 6. The second kappa shape index (κ2) is 8.53. The summed E-state index contributed by atoms with van der Waals surface area (Å²) in [6.07, 6.45) is -10.9. The number of pyridine rings is 1. The smallest absolute Gasteiger partial charge is 0.416 e. The summed E-state index contributed by atoms with van der Waals surface area (Å²) in [6.45, 7) is 3.24. The van der Waals surface area contributed by atoms with Crippen LogP contribution in [0.15, 0.2) is 36.4 Å². The molecule has 0 fully saturated rings. The van der Waals surface area contributed by atoms with E-state index in [4.69, 9.17) is 0 Å². The molecule has 1 atom stereocenters. The number of nitrogens with zero attached hydrogens (tertiary/aromatic N) is 2. The molecule has 1 unspecified atom stereocenters.